The Hall–Kier alpha value is -3.88. The van der Waals surface area contributed by atoms with Gasteiger partial charge in [-0.15, -0.1) is 0 Å². The molecule has 0 spiro atoms. The molecule has 0 atom stereocenters. The van der Waals surface area contributed by atoms with Gasteiger partial charge in [0.1, 0.15) is 23.8 Å². The molecule has 0 aliphatic carbocycles. The zero-order valence-electron chi connectivity index (χ0n) is 16.6. The molecule has 9 heteroatoms. The van der Waals surface area contributed by atoms with Crippen molar-refractivity contribution in [3.05, 3.63) is 77.1 Å². The van der Waals surface area contributed by atoms with Gasteiger partial charge in [-0.2, -0.15) is 13.2 Å². The summed E-state index contributed by atoms with van der Waals surface area (Å²) in [7, 11) is 0. The Labute approximate surface area is 180 Å². The number of carbonyl (C=O) groups excluding carboxylic acids is 2. The Morgan fingerprint density at radius 1 is 1.12 bits per heavy atom. The number of aromatic nitrogens is 1. The molecule has 2 heterocycles. The number of alkyl halides is 3. The fourth-order valence-electron chi connectivity index (χ4n) is 3.35. The summed E-state index contributed by atoms with van der Waals surface area (Å²) < 4.78 is 50.3. The van der Waals surface area contributed by atoms with Crippen LogP contribution in [-0.2, 0) is 12.8 Å². The van der Waals surface area contributed by atoms with Crippen LogP contribution in [0.15, 0.2) is 54.7 Å². The number of hydrogen-bond donors (Lipinski definition) is 1. The molecule has 32 heavy (non-hydrogen) atoms. The molecule has 3 aromatic rings. The van der Waals surface area contributed by atoms with Crippen LogP contribution in [0, 0.1) is 0 Å². The minimum atomic E-state index is -4.57. The quantitative estimate of drug-likeness (QED) is 0.632. The van der Waals surface area contributed by atoms with E-state index in [1.54, 1.807) is 30.3 Å². The first-order valence-electron chi connectivity index (χ1n) is 9.61. The largest absolute Gasteiger partial charge is 0.492 e. The molecule has 1 aliphatic rings. The summed E-state index contributed by atoms with van der Waals surface area (Å²) >= 11 is 0. The van der Waals surface area contributed by atoms with Crippen molar-refractivity contribution in [3.63, 3.8) is 0 Å². The van der Waals surface area contributed by atoms with Crippen LogP contribution in [-0.4, -0.2) is 23.3 Å². The third kappa shape index (κ3) is 4.41. The molecule has 0 saturated heterocycles. The Kier molecular flexibility index (Phi) is 5.56. The van der Waals surface area contributed by atoms with Crippen molar-refractivity contribution < 1.29 is 32.2 Å². The number of ketones is 1. The van der Waals surface area contributed by atoms with Crippen LogP contribution < -0.4 is 15.2 Å². The van der Waals surface area contributed by atoms with E-state index in [1.165, 1.54) is 12.1 Å². The van der Waals surface area contributed by atoms with E-state index in [0.717, 1.165) is 12.3 Å². The smallest absolute Gasteiger partial charge is 0.433 e. The Morgan fingerprint density at radius 3 is 2.69 bits per heavy atom. The summed E-state index contributed by atoms with van der Waals surface area (Å²) in [6, 6.07) is 11.9. The van der Waals surface area contributed by atoms with Crippen LogP contribution in [0.25, 0.3) is 11.1 Å². The molecule has 1 amide bonds. The summed E-state index contributed by atoms with van der Waals surface area (Å²) in [5, 5.41) is 0. The number of ether oxygens (including phenoxy) is 2. The maximum Gasteiger partial charge on any atom is 0.433 e. The second kappa shape index (κ2) is 8.33. The number of benzene rings is 2. The van der Waals surface area contributed by atoms with E-state index < -0.39 is 17.8 Å². The summed E-state index contributed by atoms with van der Waals surface area (Å²) in [6.45, 7) is 0.0436. The Balaban J connectivity index is 1.73. The minimum Gasteiger partial charge on any atom is -0.492 e. The zero-order chi connectivity index (χ0) is 22.9. The molecule has 0 bridgehead atoms. The van der Waals surface area contributed by atoms with Gasteiger partial charge in [0.25, 0.3) is 0 Å². The van der Waals surface area contributed by atoms with Gasteiger partial charge in [-0.3, -0.25) is 14.6 Å². The van der Waals surface area contributed by atoms with Crippen LogP contribution in [0.4, 0.5) is 13.2 Å². The monoisotopic (exact) mass is 442 g/mol. The molecular formula is C23H17F3N2O4. The van der Waals surface area contributed by atoms with E-state index in [-0.39, 0.29) is 42.3 Å². The zero-order valence-corrected chi connectivity index (χ0v) is 16.6. The van der Waals surface area contributed by atoms with Crippen LogP contribution in [0.3, 0.4) is 0 Å². The van der Waals surface area contributed by atoms with Crippen molar-refractivity contribution >= 4 is 11.7 Å². The number of pyridine rings is 1. The molecule has 2 aromatic carbocycles. The highest BCUT2D eigenvalue weighted by molar-refractivity contribution is 6.01. The molecule has 1 aromatic heterocycles. The first-order valence-corrected chi connectivity index (χ1v) is 9.61. The molecule has 1 aliphatic heterocycles. The number of nitrogens with zero attached hydrogens (tertiary/aromatic N) is 1. The fourth-order valence-corrected chi connectivity index (χ4v) is 3.35. The number of rotatable bonds is 5. The second-order valence-corrected chi connectivity index (χ2v) is 7.15. The SMILES string of the molecule is NC(=O)c1cccc(-c2cc3c(cc2OCc2ccnc(C(F)(F)F)c2)OCCC3=O)c1. The van der Waals surface area contributed by atoms with Crippen LogP contribution in [0.5, 0.6) is 11.5 Å². The van der Waals surface area contributed by atoms with E-state index in [0.29, 0.717) is 22.4 Å². The molecule has 0 fully saturated rings. The summed E-state index contributed by atoms with van der Waals surface area (Å²) in [6.07, 6.45) is -3.28. The van der Waals surface area contributed by atoms with E-state index in [2.05, 4.69) is 4.98 Å². The van der Waals surface area contributed by atoms with Crippen LogP contribution in [0.2, 0.25) is 0 Å². The van der Waals surface area contributed by atoms with Crippen molar-refractivity contribution in [1.29, 1.82) is 0 Å². The molecule has 0 radical (unpaired) electrons. The van der Waals surface area contributed by atoms with Gasteiger partial charge in [0.05, 0.1) is 12.2 Å². The van der Waals surface area contributed by atoms with E-state index in [1.807, 2.05) is 0 Å². The molecule has 2 N–H and O–H groups in total. The highest BCUT2D eigenvalue weighted by Gasteiger charge is 2.32. The number of Topliss-reactive ketones (excluding diaryl/α,β-unsaturated/α-hetero) is 1. The third-order valence-electron chi connectivity index (χ3n) is 4.94. The van der Waals surface area contributed by atoms with Gasteiger partial charge in [0.15, 0.2) is 5.78 Å². The lowest BCUT2D eigenvalue weighted by molar-refractivity contribution is -0.141. The van der Waals surface area contributed by atoms with Crippen molar-refractivity contribution in [2.75, 3.05) is 6.61 Å². The van der Waals surface area contributed by atoms with Gasteiger partial charge in [-0.05, 0) is 41.5 Å². The maximum atomic E-state index is 13.0. The minimum absolute atomic E-state index is 0.103. The maximum absolute atomic E-state index is 13.0. The average Bonchev–Trinajstić information content (AvgIpc) is 2.77. The molecule has 6 nitrogen and oxygen atoms in total. The average molecular weight is 442 g/mol. The lowest BCUT2D eigenvalue weighted by atomic mass is 9.96. The standard InChI is InChI=1S/C23H17F3N2O4/c24-23(25,26)21-8-13(4-6-28-21)12-32-19-11-20-17(18(29)5-7-31-20)10-16(19)14-2-1-3-15(9-14)22(27)30/h1-4,6,8-11H,5,7,12H2,(H2,27,30). The lowest BCUT2D eigenvalue weighted by Gasteiger charge is -2.20. The molecule has 0 unspecified atom stereocenters. The number of primary amides is 1. The summed E-state index contributed by atoms with van der Waals surface area (Å²) in [5.41, 5.74) is 6.28. The van der Waals surface area contributed by atoms with Gasteiger partial charge in [0, 0.05) is 29.8 Å². The van der Waals surface area contributed by atoms with E-state index in [9.17, 15) is 22.8 Å². The van der Waals surface area contributed by atoms with Gasteiger partial charge in [-0.1, -0.05) is 12.1 Å². The normalized spacial score (nSPS) is 13.3. The number of nitrogens with two attached hydrogens (primary N) is 1. The number of amides is 1. The lowest BCUT2D eigenvalue weighted by Crippen LogP contribution is -2.16. The second-order valence-electron chi connectivity index (χ2n) is 7.15. The number of fused-ring (bicyclic) bond motifs is 1. The van der Waals surface area contributed by atoms with E-state index >= 15 is 0 Å². The number of carbonyl (C=O) groups is 2. The third-order valence-corrected chi connectivity index (χ3v) is 4.94. The van der Waals surface area contributed by atoms with Crippen LogP contribution in [0.1, 0.15) is 38.4 Å². The fraction of sp³-hybridized carbons (Fsp3) is 0.174. The molecule has 164 valence electrons. The predicted octanol–water partition coefficient (Wildman–Crippen LogP) is 4.41. The highest BCUT2D eigenvalue weighted by atomic mass is 19.4. The summed E-state index contributed by atoms with van der Waals surface area (Å²) in [5.74, 6) is -0.112. The summed E-state index contributed by atoms with van der Waals surface area (Å²) in [4.78, 5) is 27.3. The highest BCUT2D eigenvalue weighted by Crippen LogP contribution is 2.39. The number of hydrogen-bond acceptors (Lipinski definition) is 5. The van der Waals surface area contributed by atoms with Gasteiger partial charge in [0.2, 0.25) is 5.91 Å². The number of halogens is 3. The first-order chi connectivity index (χ1) is 15.2. The topological polar surface area (TPSA) is 91.5 Å². The Bertz CT molecular complexity index is 1210. The van der Waals surface area contributed by atoms with Crippen LogP contribution >= 0.6 is 0 Å². The molecule has 4 rings (SSSR count). The van der Waals surface area contributed by atoms with Gasteiger partial charge < -0.3 is 15.2 Å². The molecular weight excluding hydrogens is 425 g/mol. The van der Waals surface area contributed by atoms with Gasteiger partial charge in [-0.25, -0.2) is 0 Å². The predicted molar refractivity (Wildman–Crippen MR) is 108 cm³/mol. The van der Waals surface area contributed by atoms with Crippen molar-refractivity contribution in [3.8, 4) is 22.6 Å². The van der Waals surface area contributed by atoms with Crippen molar-refractivity contribution in [1.82, 2.24) is 4.98 Å². The first kappa shape index (κ1) is 21.4. The van der Waals surface area contributed by atoms with E-state index in [4.69, 9.17) is 15.2 Å². The Morgan fingerprint density at radius 2 is 1.94 bits per heavy atom. The molecule has 0 saturated carbocycles. The van der Waals surface area contributed by atoms with Crippen molar-refractivity contribution in [2.45, 2.75) is 19.2 Å². The van der Waals surface area contributed by atoms with Gasteiger partial charge >= 0.3 is 6.18 Å². The van der Waals surface area contributed by atoms with Crippen molar-refractivity contribution in [2.24, 2.45) is 5.73 Å².